The van der Waals surface area contributed by atoms with E-state index >= 15 is 0 Å². The molecule has 28 heavy (non-hydrogen) atoms. The molecule has 0 spiro atoms. The molecule has 2 aromatic carbocycles. The maximum atomic E-state index is 12.5. The first kappa shape index (κ1) is 20.8. The van der Waals surface area contributed by atoms with Crippen molar-refractivity contribution in [3.05, 3.63) is 81.0 Å². The Labute approximate surface area is 162 Å². The van der Waals surface area contributed by atoms with E-state index < -0.39 is 16.7 Å². The lowest BCUT2D eigenvalue weighted by atomic mass is 10.1. The number of ether oxygens (including phenoxy) is 1. The van der Waals surface area contributed by atoms with Crippen molar-refractivity contribution in [3.8, 4) is 0 Å². The quantitative estimate of drug-likeness (QED) is 0.315. The zero-order valence-corrected chi connectivity index (χ0v) is 15.6. The number of hydrogen-bond acceptors (Lipinski definition) is 5. The van der Waals surface area contributed by atoms with Crippen LogP contribution in [0.4, 0.5) is 5.69 Å². The van der Waals surface area contributed by atoms with Crippen LogP contribution in [0.1, 0.15) is 21.5 Å². The molecule has 0 radical (unpaired) electrons. The molecule has 2 rings (SSSR count). The van der Waals surface area contributed by atoms with Gasteiger partial charge in [0.05, 0.1) is 11.5 Å². The van der Waals surface area contributed by atoms with Gasteiger partial charge in [0.2, 0.25) is 0 Å². The molecule has 0 saturated carbocycles. The Balaban J connectivity index is 2.29. The fraction of sp³-hybridized carbons (Fsp3) is 0.200. The fourth-order valence-corrected chi connectivity index (χ4v) is 2.31. The van der Waals surface area contributed by atoms with Crippen LogP contribution in [0.25, 0.3) is 6.08 Å². The third kappa shape index (κ3) is 6.03. The van der Waals surface area contributed by atoms with Crippen molar-refractivity contribution in [2.45, 2.75) is 6.92 Å². The summed E-state index contributed by atoms with van der Waals surface area (Å²) in [7, 11) is 1.51. The average Bonchev–Trinajstić information content (AvgIpc) is 2.68. The van der Waals surface area contributed by atoms with E-state index in [0.29, 0.717) is 17.7 Å². The number of carbonyl (C=O) groups excluding carboxylic acids is 2. The molecule has 8 heteroatoms. The number of hydrogen-bond donors (Lipinski definition) is 2. The van der Waals surface area contributed by atoms with Gasteiger partial charge in [0.15, 0.2) is 0 Å². The van der Waals surface area contributed by atoms with Crippen molar-refractivity contribution in [2.75, 3.05) is 20.3 Å². The number of nitrogens with one attached hydrogen (secondary N) is 2. The first-order chi connectivity index (χ1) is 13.4. The average molecular weight is 383 g/mol. The van der Waals surface area contributed by atoms with Gasteiger partial charge in [0.25, 0.3) is 17.5 Å². The molecular formula is C20H21N3O5. The van der Waals surface area contributed by atoms with Gasteiger partial charge in [0.1, 0.15) is 5.70 Å². The van der Waals surface area contributed by atoms with Gasteiger partial charge in [-0.2, -0.15) is 0 Å². The van der Waals surface area contributed by atoms with Crippen LogP contribution < -0.4 is 10.6 Å². The second kappa shape index (κ2) is 9.98. The molecule has 146 valence electrons. The van der Waals surface area contributed by atoms with Crippen molar-refractivity contribution < 1.29 is 19.2 Å². The van der Waals surface area contributed by atoms with Crippen LogP contribution >= 0.6 is 0 Å². The number of methoxy groups -OCH3 is 1. The second-order valence-corrected chi connectivity index (χ2v) is 5.98. The maximum absolute atomic E-state index is 12.5. The van der Waals surface area contributed by atoms with Crippen LogP contribution in [0, 0.1) is 17.0 Å². The van der Waals surface area contributed by atoms with E-state index in [1.54, 1.807) is 30.3 Å². The summed E-state index contributed by atoms with van der Waals surface area (Å²) in [6.07, 6.45) is 1.39. The Morgan fingerprint density at radius 2 is 1.89 bits per heavy atom. The van der Waals surface area contributed by atoms with Crippen LogP contribution in [0.3, 0.4) is 0 Å². The van der Waals surface area contributed by atoms with Gasteiger partial charge < -0.3 is 15.4 Å². The highest BCUT2D eigenvalue weighted by atomic mass is 16.6. The highest BCUT2D eigenvalue weighted by Gasteiger charge is 2.15. The molecule has 0 fully saturated rings. The van der Waals surface area contributed by atoms with E-state index in [-0.39, 0.29) is 17.9 Å². The van der Waals surface area contributed by atoms with Crippen LogP contribution in [0.2, 0.25) is 0 Å². The van der Waals surface area contributed by atoms with Crippen molar-refractivity contribution in [1.29, 1.82) is 0 Å². The van der Waals surface area contributed by atoms with Crippen molar-refractivity contribution in [2.24, 2.45) is 0 Å². The zero-order chi connectivity index (χ0) is 20.5. The predicted octanol–water partition coefficient (Wildman–Crippen LogP) is 2.44. The molecule has 0 atom stereocenters. The van der Waals surface area contributed by atoms with E-state index in [4.69, 9.17) is 4.74 Å². The minimum atomic E-state index is -0.527. The summed E-state index contributed by atoms with van der Waals surface area (Å²) in [6.45, 7) is 2.46. The molecule has 0 heterocycles. The molecular weight excluding hydrogens is 362 g/mol. The predicted molar refractivity (Wildman–Crippen MR) is 105 cm³/mol. The Morgan fingerprint density at radius 1 is 1.18 bits per heavy atom. The van der Waals surface area contributed by atoms with Gasteiger partial charge >= 0.3 is 0 Å². The SMILES string of the molecule is COCCNC(=O)/C(=C\c1cccc([N+](=O)[O-])c1)NC(=O)c1ccc(C)cc1. The summed E-state index contributed by atoms with van der Waals surface area (Å²) in [5, 5.41) is 16.2. The molecule has 2 aromatic rings. The Kier molecular flexibility index (Phi) is 7.41. The molecule has 2 N–H and O–H groups in total. The highest BCUT2D eigenvalue weighted by Crippen LogP contribution is 2.15. The molecule has 0 aliphatic heterocycles. The highest BCUT2D eigenvalue weighted by molar-refractivity contribution is 6.05. The van der Waals surface area contributed by atoms with Crippen LogP contribution in [-0.2, 0) is 9.53 Å². The Bertz CT molecular complexity index is 891. The van der Waals surface area contributed by atoms with Crippen molar-refractivity contribution >= 4 is 23.6 Å². The first-order valence-electron chi connectivity index (χ1n) is 8.52. The van der Waals surface area contributed by atoms with E-state index in [2.05, 4.69) is 10.6 Å². The number of nitro benzene ring substituents is 1. The molecule has 0 aliphatic rings. The van der Waals surface area contributed by atoms with Gasteiger partial charge in [0, 0.05) is 31.4 Å². The number of carbonyl (C=O) groups is 2. The summed E-state index contributed by atoms with van der Waals surface area (Å²) in [6, 6.07) is 12.7. The summed E-state index contributed by atoms with van der Waals surface area (Å²) in [5.74, 6) is -0.984. The largest absolute Gasteiger partial charge is 0.383 e. The standard InChI is InChI=1S/C20H21N3O5/c1-14-6-8-16(9-7-14)19(24)22-18(20(25)21-10-11-28-2)13-15-4-3-5-17(12-15)23(26)27/h3-9,12-13H,10-11H2,1-2H3,(H,21,25)(H,22,24)/b18-13+. The molecule has 0 saturated heterocycles. The summed E-state index contributed by atoms with van der Waals surface area (Å²) >= 11 is 0. The normalized spacial score (nSPS) is 11.0. The number of nitro groups is 1. The Morgan fingerprint density at radius 3 is 2.54 bits per heavy atom. The lowest BCUT2D eigenvalue weighted by Gasteiger charge is -2.11. The third-order valence-electron chi connectivity index (χ3n) is 3.79. The molecule has 0 aliphatic carbocycles. The number of non-ortho nitro benzene ring substituents is 1. The minimum Gasteiger partial charge on any atom is -0.383 e. The number of benzene rings is 2. The van der Waals surface area contributed by atoms with Crippen LogP contribution in [-0.4, -0.2) is 37.0 Å². The van der Waals surface area contributed by atoms with E-state index in [1.165, 1.54) is 31.4 Å². The fourth-order valence-electron chi connectivity index (χ4n) is 2.31. The number of rotatable bonds is 8. The number of aryl methyl sites for hydroxylation is 1. The van der Waals surface area contributed by atoms with E-state index in [9.17, 15) is 19.7 Å². The lowest BCUT2D eigenvalue weighted by Crippen LogP contribution is -2.36. The third-order valence-corrected chi connectivity index (χ3v) is 3.79. The van der Waals surface area contributed by atoms with E-state index in [1.807, 2.05) is 6.92 Å². The minimum absolute atomic E-state index is 0.0258. The maximum Gasteiger partial charge on any atom is 0.270 e. The lowest BCUT2D eigenvalue weighted by molar-refractivity contribution is -0.384. The van der Waals surface area contributed by atoms with E-state index in [0.717, 1.165) is 5.56 Å². The monoisotopic (exact) mass is 383 g/mol. The Hall–Kier alpha value is -3.52. The van der Waals surface area contributed by atoms with Gasteiger partial charge in [-0.3, -0.25) is 19.7 Å². The van der Waals surface area contributed by atoms with Gasteiger partial charge in [-0.25, -0.2) is 0 Å². The van der Waals surface area contributed by atoms with Crippen LogP contribution in [0.15, 0.2) is 54.2 Å². The smallest absolute Gasteiger partial charge is 0.270 e. The molecule has 0 aromatic heterocycles. The molecule has 0 unspecified atom stereocenters. The summed E-state index contributed by atoms with van der Waals surface area (Å²) < 4.78 is 4.90. The molecule has 0 bridgehead atoms. The topological polar surface area (TPSA) is 111 Å². The van der Waals surface area contributed by atoms with Crippen molar-refractivity contribution in [1.82, 2.24) is 10.6 Å². The summed E-state index contributed by atoms with van der Waals surface area (Å²) in [5.41, 5.74) is 1.66. The molecule has 8 nitrogen and oxygen atoms in total. The number of amides is 2. The van der Waals surface area contributed by atoms with Gasteiger partial charge in [-0.15, -0.1) is 0 Å². The molecule has 2 amide bonds. The number of nitrogens with zero attached hydrogens (tertiary/aromatic N) is 1. The van der Waals surface area contributed by atoms with Gasteiger partial charge in [-0.1, -0.05) is 29.8 Å². The zero-order valence-electron chi connectivity index (χ0n) is 15.6. The van der Waals surface area contributed by atoms with Crippen molar-refractivity contribution in [3.63, 3.8) is 0 Å². The second-order valence-electron chi connectivity index (χ2n) is 5.98. The van der Waals surface area contributed by atoms with Crippen LogP contribution in [0.5, 0.6) is 0 Å². The first-order valence-corrected chi connectivity index (χ1v) is 8.52. The van der Waals surface area contributed by atoms with Gasteiger partial charge in [-0.05, 0) is 30.7 Å². The summed E-state index contributed by atoms with van der Waals surface area (Å²) in [4.78, 5) is 35.4.